The van der Waals surface area contributed by atoms with Gasteiger partial charge in [-0.2, -0.15) is 0 Å². The fourth-order valence-electron chi connectivity index (χ4n) is 2.34. The third kappa shape index (κ3) is 3.51. The predicted molar refractivity (Wildman–Crippen MR) is 92.7 cm³/mol. The van der Waals surface area contributed by atoms with Gasteiger partial charge in [-0.05, 0) is 48.9 Å². The lowest BCUT2D eigenvalue weighted by atomic mass is 10.1. The highest BCUT2D eigenvalue weighted by Crippen LogP contribution is 2.21. The third-order valence-electron chi connectivity index (χ3n) is 3.60. The van der Waals surface area contributed by atoms with Gasteiger partial charge in [0, 0.05) is 22.5 Å². The Kier molecular flexibility index (Phi) is 4.45. The Morgan fingerprint density at radius 3 is 2.46 bits per heavy atom. The molecular formula is C17H14ClNO4S. The number of nitrogens with one attached hydrogen (secondary N) is 1. The maximum absolute atomic E-state index is 12.6. The van der Waals surface area contributed by atoms with Gasteiger partial charge in [-0.3, -0.25) is 0 Å². The molecule has 24 heavy (non-hydrogen) atoms. The number of rotatable bonds is 4. The fraction of sp³-hybridized carbons (Fsp3) is 0.118. The summed E-state index contributed by atoms with van der Waals surface area (Å²) in [6, 6.07) is 13.7. The highest BCUT2D eigenvalue weighted by atomic mass is 35.5. The van der Waals surface area contributed by atoms with Crippen LogP contribution in [0.25, 0.3) is 11.0 Å². The van der Waals surface area contributed by atoms with Crippen LogP contribution in [0.15, 0.2) is 68.7 Å². The van der Waals surface area contributed by atoms with Crippen molar-refractivity contribution in [1.29, 1.82) is 0 Å². The molecule has 3 aromatic rings. The molecule has 0 amide bonds. The van der Waals surface area contributed by atoms with Gasteiger partial charge in [0.25, 0.3) is 0 Å². The van der Waals surface area contributed by atoms with E-state index in [1.54, 1.807) is 31.2 Å². The van der Waals surface area contributed by atoms with Crippen LogP contribution in [0.5, 0.6) is 0 Å². The molecule has 5 nitrogen and oxygen atoms in total. The van der Waals surface area contributed by atoms with Crippen LogP contribution < -0.4 is 10.3 Å². The molecule has 0 saturated heterocycles. The van der Waals surface area contributed by atoms with E-state index in [1.165, 1.54) is 30.3 Å². The summed E-state index contributed by atoms with van der Waals surface area (Å²) in [6.07, 6.45) is 0. The van der Waals surface area contributed by atoms with Gasteiger partial charge in [-0.15, -0.1) is 0 Å². The van der Waals surface area contributed by atoms with Crippen LogP contribution in [0.2, 0.25) is 5.02 Å². The summed E-state index contributed by atoms with van der Waals surface area (Å²) in [5, 5.41) is 1.13. The quantitative estimate of drug-likeness (QED) is 0.720. The predicted octanol–water partition coefficient (Wildman–Crippen LogP) is 3.49. The molecule has 0 aliphatic carbocycles. The molecule has 2 aromatic carbocycles. The second-order valence-electron chi connectivity index (χ2n) is 5.35. The Bertz CT molecular complexity index is 1040. The van der Waals surface area contributed by atoms with Gasteiger partial charge >= 0.3 is 5.63 Å². The normalized spacial score (nSPS) is 13.1. The molecule has 124 valence electrons. The summed E-state index contributed by atoms with van der Waals surface area (Å²) in [6.45, 7) is 1.75. The first-order chi connectivity index (χ1) is 11.3. The zero-order valence-corrected chi connectivity index (χ0v) is 14.3. The van der Waals surface area contributed by atoms with E-state index in [1.807, 2.05) is 0 Å². The number of fused-ring (bicyclic) bond motifs is 1. The van der Waals surface area contributed by atoms with Gasteiger partial charge in [-0.25, -0.2) is 17.9 Å². The topological polar surface area (TPSA) is 76.4 Å². The minimum absolute atomic E-state index is 0.102. The van der Waals surface area contributed by atoms with Crippen LogP contribution >= 0.6 is 11.6 Å². The molecule has 1 atom stereocenters. The van der Waals surface area contributed by atoms with Crippen molar-refractivity contribution in [1.82, 2.24) is 4.72 Å². The molecule has 0 aliphatic rings. The standard InChI is InChI=1S/C17H14ClNO4S/c1-11(12-2-5-14(18)6-3-12)19-24(21,22)15-7-8-16-13(10-15)4-9-17(20)23-16/h2-11,19H,1H3. The van der Waals surface area contributed by atoms with Gasteiger partial charge in [-0.1, -0.05) is 23.7 Å². The summed E-state index contributed by atoms with van der Waals surface area (Å²) in [5.74, 6) is 0. The molecular weight excluding hydrogens is 350 g/mol. The Labute approximate surface area is 143 Å². The number of hydrogen-bond acceptors (Lipinski definition) is 4. The minimum atomic E-state index is -3.72. The molecule has 1 unspecified atom stereocenters. The highest BCUT2D eigenvalue weighted by molar-refractivity contribution is 7.89. The molecule has 1 aromatic heterocycles. The lowest BCUT2D eigenvalue weighted by molar-refractivity contribution is 0.559. The summed E-state index contributed by atoms with van der Waals surface area (Å²) >= 11 is 5.84. The van der Waals surface area contributed by atoms with Crippen molar-refractivity contribution in [3.63, 3.8) is 0 Å². The Morgan fingerprint density at radius 1 is 1.04 bits per heavy atom. The van der Waals surface area contributed by atoms with E-state index in [4.69, 9.17) is 16.0 Å². The van der Waals surface area contributed by atoms with E-state index in [2.05, 4.69) is 4.72 Å². The van der Waals surface area contributed by atoms with E-state index < -0.39 is 21.7 Å². The van der Waals surface area contributed by atoms with Crippen molar-refractivity contribution < 1.29 is 12.8 Å². The Morgan fingerprint density at radius 2 is 1.75 bits per heavy atom. The van der Waals surface area contributed by atoms with Crippen molar-refractivity contribution in [2.45, 2.75) is 17.9 Å². The number of benzene rings is 2. The molecule has 1 N–H and O–H groups in total. The molecule has 0 aliphatic heterocycles. The van der Waals surface area contributed by atoms with Gasteiger partial charge in [0.1, 0.15) is 5.58 Å². The Hall–Kier alpha value is -2.15. The zero-order chi connectivity index (χ0) is 17.3. The van der Waals surface area contributed by atoms with Crippen LogP contribution in [0.1, 0.15) is 18.5 Å². The zero-order valence-electron chi connectivity index (χ0n) is 12.7. The van der Waals surface area contributed by atoms with Crippen molar-refractivity contribution in [3.8, 4) is 0 Å². The number of sulfonamides is 1. The molecule has 0 fully saturated rings. The molecule has 0 saturated carbocycles. The number of halogens is 1. The largest absolute Gasteiger partial charge is 0.423 e. The maximum atomic E-state index is 12.6. The average Bonchev–Trinajstić information content (AvgIpc) is 2.54. The Balaban J connectivity index is 1.91. The average molecular weight is 364 g/mol. The second-order valence-corrected chi connectivity index (χ2v) is 7.50. The minimum Gasteiger partial charge on any atom is -0.423 e. The summed E-state index contributed by atoms with van der Waals surface area (Å²) in [5.41, 5.74) is 0.662. The smallest absolute Gasteiger partial charge is 0.336 e. The summed E-state index contributed by atoms with van der Waals surface area (Å²) in [4.78, 5) is 11.3. The van der Waals surface area contributed by atoms with E-state index in [0.717, 1.165) is 5.56 Å². The van der Waals surface area contributed by atoms with Gasteiger partial charge in [0.05, 0.1) is 4.90 Å². The van der Waals surface area contributed by atoms with E-state index in [0.29, 0.717) is 16.0 Å². The van der Waals surface area contributed by atoms with Crippen molar-refractivity contribution >= 4 is 32.6 Å². The monoisotopic (exact) mass is 363 g/mol. The molecule has 0 radical (unpaired) electrons. The van der Waals surface area contributed by atoms with Crippen molar-refractivity contribution in [2.24, 2.45) is 0 Å². The summed E-state index contributed by atoms with van der Waals surface area (Å²) < 4.78 is 32.8. The van der Waals surface area contributed by atoms with Crippen LogP contribution in [0.4, 0.5) is 0 Å². The summed E-state index contributed by atoms with van der Waals surface area (Å²) in [7, 11) is -3.72. The molecule has 7 heteroatoms. The van der Waals surface area contributed by atoms with E-state index in [-0.39, 0.29) is 4.90 Å². The van der Waals surface area contributed by atoms with Crippen LogP contribution in [0, 0.1) is 0 Å². The third-order valence-corrected chi connectivity index (χ3v) is 5.39. The first-order valence-corrected chi connectivity index (χ1v) is 9.03. The molecule has 0 spiro atoms. The van der Waals surface area contributed by atoms with Crippen molar-refractivity contribution in [2.75, 3.05) is 0 Å². The van der Waals surface area contributed by atoms with Crippen LogP contribution in [-0.4, -0.2) is 8.42 Å². The van der Waals surface area contributed by atoms with E-state index in [9.17, 15) is 13.2 Å². The lowest BCUT2D eigenvalue weighted by Crippen LogP contribution is -2.26. The van der Waals surface area contributed by atoms with E-state index >= 15 is 0 Å². The molecule has 1 heterocycles. The number of hydrogen-bond donors (Lipinski definition) is 1. The van der Waals surface area contributed by atoms with Gasteiger partial charge < -0.3 is 4.42 Å². The fourth-order valence-corrected chi connectivity index (χ4v) is 3.73. The molecule has 0 bridgehead atoms. The lowest BCUT2D eigenvalue weighted by Gasteiger charge is -2.15. The SMILES string of the molecule is CC(NS(=O)(=O)c1ccc2oc(=O)ccc2c1)c1ccc(Cl)cc1. The van der Waals surface area contributed by atoms with Crippen molar-refractivity contribution in [3.05, 3.63) is 75.6 Å². The maximum Gasteiger partial charge on any atom is 0.336 e. The second kappa shape index (κ2) is 6.39. The first-order valence-electron chi connectivity index (χ1n) is 7.17. The first kappa shape index (κ1) is 16.7. The van der Waals surface area contributed by atoms with Crippen LogP contribution in [-0.2, 0) is 10.0 Å². The highest BCUT2D eigenvalue weighted by Gasteiger charge is 2.19. The van der Waals surface area contributed by atoms with Gasteiger partial charge in [0.2, 0.25) is 10.0 Å². The van der Waals surface area contributed by atoms with Crippen LogP contribution in [0.3, 0.4) is 0 Å². The van der Waals surface area contributed by atoms with Gasteiger partial charge in [0.15, 0.2) is 0 Å². The molecule has 3 rings (SSSR count).